The van der Waals surface area contributed by atoms with Crippen LogP contribution in [-0.4, -0.2) is 31.8 Å². The Morgan fingerprint density at radius 3 is 2.96 bits per heavy atom. The molecule has 25 heavy (non-hydrogen) atoms. The molecule has 0 aromatic carbocycles. The van der Waals surface area contributed by atoms with Crippen LogP contribution in [0, 0.1) is 5.95 Å². The van der Waals surface area contributed by atoms with Crippen molar-refractivity contribution >= 4 is 18.1 Å². The third-order valence-corrected chi connectivity index (χ3v) is 3.87. The minimum Gasteiger partial charge on any atom is -0.386 e. The molecule has 0 atom stereocenters. The molecule has 0 spiro atoms. The molecule has 0 saturated heterocycles. The minimum atomic E-state index is -0.569. The fraction of sp³-hybridized carbons (Fsp3) is 0.167. The maximum absolute atomic E-state index is 13.5. The zero-order valence-electron chi connectivity index (χ0n) is 14.0. The smallest absolute Gasteiger partial charge is 0.213 e. The summed E-state index contributed by atoms with van der Waals surface area (Å²) in [4.78, 5) is 14.6. The summed E-state index contributed by atoms with van der Waals surface area (Å²) in [6.45, 7) is 8.67. The molecule has 0 aliphatic carbocycles. The summed E-state index contributed by atoms with van der Waals surface area (Å²) in [6, 6.07) is 4.57. The summed E-state index contributed by atoms with van der Waals surface area (Å²) in [7, 11) is 1.96. The van der Waals surface area contributed by atoms with Crippen LogP contribution < -0.4 is 16.0 Å². The SMILES string of the molecule is C=CN=C(c1cccc(F)n1)N(C=C)Cc1nc2c(n1C)=CCNC=2. The van der Waals surface area contributed by atoms with E-state index < -0.39 is 5.95 Å². The van der Waals surface area contributed by atoms with Gasteiger partial charge in [0.2, 0.25) is 5.95 Å². The molecular weight excluding hydrogens is 319 g/mol. The molecule has 6 nitrogen and oxygen atoms in total. The Morgan fingerprint density at radius 2 is 2.28 bits per heavy atom. The fourth-order valence-corrected chi connectivity index (χ4v) is 2.67. The van der Waals surface area contributed by atoms with Gasteiger partial charge < -0.3 is 14.8 Å². The van der Waals surface area contributed by atoms with Crippen LogP contribution in [0.5, 0.6) is 0 Å². The fourth-order valence-electron chi connectivity index (χ4n) is 2.67. The Balaban J connectivity index is 1.99. The molecule has 128 valence electrons. The van der Waals surface area contributed by atoms with Crippen LogP contribution in [-0.2, 0) is 13.6 Å². The number of imidazole rings is 1. The Kier molecular flexibility index (Phi) is 4.74. The molecule has 7 heteroatoms. The largest absolute Gasteiger partial charge is 0.386 e. The number of hydrogen-bond donors (Lipinski definition) is 1. The average Bonchev–Trinajstić information content (AvgIpc) is 2.94. The van der Waals surface area contributed by atoms with E-state index in [1.54, 1.807) is 23.2 Å². The second-order valence-electron chi connectivity index (χ2n) is 5.41. The van der Waals surface area contributed by atoms with Crippen molar-refractivity contribution in [2.75, 3.05) is 6.54 Å². The number of pyridine rings is 1. The lowest BCUT2D eigenvalue weighted by atomic mass is 10.3. The summed E-state index contributed by atoms with van der Waals surface area (Å²) in [5, 5.41) is 5.09. The zero-order valence-corrected chi connectivity index (χ0v) is 14.0. The quantitative estimate of drug-likeness (QED) is 0.493. The Labute approximate surface area is 145 Å². The number of rotatable bonds is 5. The number of hydrogen-bond acceptors (Lipinski definition) is 4. The number of halogens is 1. The van der Waals surface area contributed by atoms with Crippen molar-refractivity contribution in [1.82, 2.24) is 24.8 Å². The van der Waals surface area contributed by atoms with Crippen molar-refractivity contribution in [3.63, 3.8) is 0 Å². The summed E-state index contributed by atoms with van der Waals surface area (Å²) < 4.78 is 15.5. The van der Waals surface area contributed by atoms with Crippen molar-refractivity contribution in [3.05, 3.63) is 71.9 Å². The molecule has 3 heterocycles. The lowest BCUT2D eigenvalue weighted by Crippen LogP contribution is -2.36. The van der Waals surface area contributed by atoms with Gasteiger partial charge in [-0.25, -0.2) is 15.0 Å². The van der Waals surface area contributed by atoms with Gasteiger partial charge in [0.25, 0.3) is 0 Å². The van der Waals surface area contributed by atoms with Crippen LogP contribution >= 0.6 is 0 Å². The molecule has 2 aromatic heterocycles. The van der Waals surface area contributed by atoms with E-state index in [-0.39, 0.29) is 0 Å². The van der Waals surface area contributed by atoms with Crippen LogP contribution in [0.1, 0.15) is 11.5 Å². The second-order valence-corrected chi connectivity index (χ2v) is 5.41. The van der Waals surface area contributed by atoms with Gasteiger partial charge >= 0.3 is 0 Å². The molecule has 0 fully saturated rings. The number of aliphatic imine (C=N–C) groups is 1. The highest BCUT2D eigenvalue weighted by Crippen LogP contribution is 2.09. The second kappa shape index (κ2) is 7.12. The summed E-state index contributed by atoms with van der Waals surface area (Å²) in [6.07, 6.45) is 6.99. The maximum atomic E-state index is 13.5. The molecule has 0 radical (unpaired) electrons. The van der Waals surface area contributed by atoms with Crippen LogP contribution in [0.4, 0.5) is 4.39 Å². The number of nitrogens with zero attached hydrogens (tertiary/aromatic N) is 5. The van der Waals surface area contributed by atoms with E-state index in [0.717, 1.165) is 23.1 Å². The Morgan fingerprint density at radius 1 is 1.44 bits per heavy atom. The standard InChI is InChI=1S/C18H19FN6/c1-4-21-18(13-7-6-8-16(19)22-13)25(5-2)12-17-23-14-11-20-10-9-15(14)24(17)3/h4-9,11,20H,1-2,10,12H2,3H3. The lowest BCUT2D eigenvalue weighted by Gasteiger charge is -2.21. The Bertz CT molecular complexity index is 956. The predicted octanol–water partition coefficient (Wildman–Crippen LogP) is 0.612. The van der Waals surface area contributed by atoms with Crippen molar-refractivity contribution in [3.8, 4) is 0 Å². The first-order valence-electron chi connectivity index (χ1n) is 7.80. The van der Waals surface area contributed by atoms with Gasteiger partial charge in [-0.1, -0.05) is 19.2 Å². The highest BCUT2D eigenvalue weighted by Gasteiger charge is 2.16. The summed E-state index contributed by atoms with van der Waals surface area (Å²) >= 11 is 0. The van der Waals surface area contributed by atoms with Crippen LogP contribution in [0.15, 0.2) is 48.7 Å². The monoisotopic (exact) mass is 338 g/mol. The summed E-state index contributed by atoms with van der Waals surface area (Å²) in [5.41, 5.74) is 0.401. The molecule has 0 amide bonds. The third-order valence-electron chi connectivity index (χ3n) is 3.87. The molecule has 1 aliphatic rings. The van der Waals surface area contributed by atoms with E-state index in [1.807, 2.05) is 17.8 Å². The first-order chi connectivity index (χ1) is 12.1. The van der Waals surface area contributed by atoms with Crippen molar-refractivity contribution < 1.29 is 4.39 Å². The van der Waals surface area contributed by atoms with Gasteiger partial charge in [0.1, 0.15) is 16.9 Å². The highest BCUT2D eigenvalue weighted by molar-refractivity contribution is 5.97. The van der Waals surface area contributed by atoms with Gasteiger partial charge in [-0.15, -0.1) is 0 Å². The molecule has 0 bridgehead atoms. The van der Waals surface area contributed by atoms with Gasteiger partial charge in [-0.3, -0.25) is 0 Å². The molecule has 2 aromatic rings. The van der Waals surface area contributed by atoms with Crippen molar-refractivity contribution in [2.24, 2.45) is 12.0 Å². The first-order valence-corrected chi connectivity index (χ1v) is 7.80. The molecule has 0 unspecified atom stereocenters. The third kappa shape index (κ3) is 3.35. The van der Waals surface area contributed by atoms with Gasteiger partial charge in [0.15, 0.2) is 5.84 Å². The van der Waals surface area contributed by atoms with Crippen LogP contribution in [0.25, 0.3) is 12.3 Å². The topological polar surface area (TPSA) is 58.3 Å². The van der Waals surface area contributed by atoms with Crippen LogP contribution in [0.3, 0.4) is 0 Å². The Hall–Kier alpha value is -3.22. The lowest BCUT2D eigenvalue weighted by molar-refractivity contribution is 0.514. The van der Waals surface area contributed by atoms with E-state index in [2.05, 4.69) is 39.5 Å². The molecular formula is C18H19FN6. The zero-order chi connectivity index (χ0) is 17.8. The van der Waals surface area contributed by atoms with E-state index in [9.17, 15) is 4.39 Å². The average molecular weight is 338 g/mol. The van der Waals surface area contributed by atoms with Crippen molar-refractivity contribution in [1.29, 1.82) is 0 Å². The minimum absolute atomic E-state index is 0.401. The normalized spacial score (nSPS) is 13.1. The molecule has 0 saturated carbocycles. The van der Waals surface area contributed by atoms with Gasteiger partial charge in [0, 0.05) is 26.0 Å². The summed E-state index contributed by atoms with van der Waals surface area (Å²) in [5.74, 6) is 0.715. The number of nitrogens with one attached hydrogen (secondary N) is 1. The highest BCUT2D eigenvalue weighted by atomic mass is 19.1. The van der Waals surface area contributed by atoms with Crippen molar-refractivity contribution in [2.45, 2.75) is 6.54 Å². The van der Waals surface area contributed by atoms with E-state index in [1.165, 1.54) is 12.3 Å². The molecule has 3 rings (SSSR count). The number of aromatic nitrogens is 3. The predicted molar refractivity (Wildman–Crippen MR) is 96.1 cm³/mol. The van der Waals surface area contributed by atoms with Gasteiger partial charge in [-0.05, 0) is 24.4 Å². The number of amidine groups is 1. The van der Waals surface area contributed by atoms with Crippen LogP contribution in [0.2, 0.25) is 0 Å². The first kappa shape index (κ1) is 16.6. The van der Waals surface area contributed by atoms with E-state index >= 15 is 0 Å². The van der Waals surface area contributed by atoms with E-state index in [4.69, 9.17) is 0 Å². The maximum Gasteiger partial charge on any atom is 0.213 e. The van der Waals surface area contributed by atoms with Gasteiger partial charge in [0.05, 0.1) is 11.9 Å². The van der Waals surface area contributed by atoms with E-state index in [0.29, 0.717) is 18.1 Å². The molecule has 1 aliphatic heterocycles. The molecule has 1 N–H and O–H groups in total. The van der Waals surface area contributed by atoms with Gasteiger partial charge in [-0.2, -0.15) is 4.39 Å². The number of fused-ring (bicyclic) bond motifs is 1.